The number of rotatable bonds is 9. The summed E-state index contributed by atoms with van der Waals surface area (Å²) < 4.78 is 12.4. The van der Waals surface area contributed by atoms with Gasteiger partial charge >= 0.3 is 0 Å². The smallest absolute Gasteiger partial charge is 0.241 e. The van der Waals surface area contributed by atoms with Gasteiger partial charge in [-0.2, -0.15) is 5.10 Å². The highest BCUT2D eigenvalue weighted by Gasteiger charge is 2.16. The molecule has 31 heavy (non-hydrogen) atoms. The van der Waals surface area contributed by atoms with E-state index in [1.165, 1.54) is 4.90 Å². The maximum absolute atomic E-state index is 12.0. The van der Waals surface area contributed by atoms with Crippen LogP contribution in [0.25, 0.3) is 0 Å². The van der Waals surface area contributed by atoms with Crippen LogP contribution in [0.15, 0.2) is 29.3 Å². The zero-order valence-corrected chi connectivity index (χ0v) is 21.4. The summed E-state index contributed by atoms with van der Waals surface area (Å²) in [6, 6.07) is 7.72. The van der Waals surface area contributed by atoms with Crippen LogP contribution < -0.4 is 20.1 Å². The number of benzene rings is 1. The van der Waals surface area contributed by atoms with Crippen LogP contribution in [0.2, 0.25) is 0 Å². The highest BCUT2D eigenvalue weighted by molar-refractivity contribution is 14.0. The van der Waals surface area contributed by atoms with Crippen molar-refractivity contribution in [2.75, 3.05) is 34.9 Å². The summed E-state index contributed by atoms with van der Waals surface area (Å²) in [5.74, 6) is 2.00. The lowest BCUT2D eigenvalue weighted by Gasteiger charge is -2.15. The van der Waals surface area contributed by atoms with E-state index in [0.717, 1.165) is 29.0 Å². The Morgan fingerprint density at radius 2 is 1.84 bits per heavy atom. The first-order chi connectivity index (χ1) is 14.4. The minimum Gasteiger partial charge on any atom is -0.497 e. The number of aliphatic imine (C=N–C) groups is 1. The second-order valence-corrected chi connectivity index (χ2v) is 6.92. The van der Waals surface area contributed by atoms with Crippen molar-refractivity contribution in [3.63, 3.8) is 0 Å². The molecule has 1 amide bonds. The van der Waals surface area contributed by atoms with Gasteiger partial charge in [-0.05, 0) is 24.1 Å². The number of hydrogen-bond acceptors (Lipinski definition) is 5. The molecular formula is C21H33IN6O3. The number of carbonyl (C=O) groups excluding carboxylic acids is 1. The third-order valence-electron chi connectivity index (χ3n) is 4.62. The van der Waals surface area contributed by atoms with Gasteiger partial charge in [0.25, 0.3) is 0 Å². The molecule has 0 bridgehead atoms. The van der Waals surface area contributed by atoms with Crippen molar-refractivity contribution < 1.29 is 14.3 Å². The lowest BCUT2D eigenvalue weighted by atomic mass is 10.2. The fraction of sp³-hybridized carbons (Fsp3) is 0.476. The van der Waals surface area contributed by atoms with Gasteiger partial charge in [-0.3, -0.25) is 4.79 Å². The summed E-state index contributed by atoms with van der Waals surface area (Å²) in [7, 11) is 8.57. The second-order valence-electron chi connectivity index (χ2n) is 6.92. The molecule has 0 aliphatic rings. The van der Waals surface area contributed by atoms with E-state index in [-0.39, 0.29) is 36.4 Å². The zero-order valence-electron chi connectivity index (χ0n) is 19.1. The van der Waals surface area contributed by atoms with E-state index >= 15 is 0 Å². The molecule has 0 aliphatic carbocycles. The van der Waals surface area contributed by atoms with Crippen LogP contribution in [0.3, 0.4) is 0 Å². The molecule has 0 unspecified atom stereocenters. The van der Waals surface area contributed by atoms with Crippen molar-refractivity contribution in [3.05, 3.63) is 41.1 Å². The van der Waals surface area contributed by atoms with Crippen LogP contribution in [0, 0.1) is 0 Å². The minimum atomic E-state index is -0.0397. The maximum Gasteiger partial charge on any atom is 0.241 e. The molecule has 0 fully saturated rings. The number of likely N-dealkylation sites (N-methyl/N-ethyl adjacent to an activating group) is 1. The molecule has 2 aromatic rings. The first kappa shape index (κ1) is 26.5. The highest BCUT2D eigenvalue weighted by Crippen LogP contribution is 2.21. The van der Waals surface area contributed by atoms with Crippen LogP contribution in [-0.4, -0.2) is 61.4 Å². The van der Waals surface area contributed by atoms with E-state index in [4.69, 9.17) is 9.47 Å². The largest absolute Gasteiger partial charge is 0.497 e. The number of nitrogens with zero attached hydrogens (tertiary/aromatic N) is 4. The highest BCUT2D eigenvalue weighted by atomic mass is 127. The SMILES string of the molecule is CCc1nn(C)c(OC)c1CNC(=NCc1ccc(OC)cc1)NCC(=O)N(C)C.I. The minimum absolute atomic E-state index is 0. The lowest BCUT2D eigenvalue weighted by Crippen LogP contribution is -2.42. The summed E-state index contributed by atoms with van der Waals surface area (Å²) in [5, 5.41) is 10.9. The fourth-order valence-corrected chi connectivity index (χ4v) is 2.89. The predicted molar refractivity (Wildman–Crippen MR) is 132 cm³/mol. The van der Waals surface area contributed by atoms with Crippen LogP contribution in [0.4, 0.5) is 0 Å². The van der Waals surface area contributed by atoms with Gasteiger partial charge in [-0.1, -0.05) is 19.1 Å². The Morgan fingerprint density at radius 1 is 1.16 bits per heavy atom. The van der Waals surface area contributed by atoms with E-state index in [1.807, 2.05) is 31.3 Å². The van der Waals surface area contributed by atoms with Crippen molar-refractivity contribution in [2.24, 2.45) is 12.0 Å². The number of carbonyl (C=O) groups is 1. The summed E-state index contributed by atoms with van der Waals surface area (Å²) in [4.78, 5) is 18.2. The number of hydrogen-bond donors (Lipinski definition) is 2. The quantitative estimate of drug-likeness (QED) is 0.285. The molecule has 1 aromatic heterocycles. The Labute approximate surface area is 201 Å². The zero-order chi connectivity index (χ0) is 22.1. The Morgan fingerprint density at radius 3 is 2.39 bits per heavy atom. The molecule has 9 nitrogen and oxygen atoms in total. The molecule has 172 valence electrons. The van der Waals surface area contributed by atoms with Gasteiger partial charge in [0, 0.05) is 21.1 Å². The Bertz CT molecular complexity index is 865. The van der Waals surface area contributed by atoms with Crippen LogP contribution in [-0.2, 0) is 31.4 Å². The second kappa shape index (κ2) is 13.0. The number of aromatic nitrogens is 2. The molecule has 1 heterocycles. The van der Waals surface area contributed by atoms with E-state index in [1.54, 1.807) is 33.0 Å². The Hall–Kier alpha value is -2.50. The number of amides is 1. The van der Waals surface area contributed by atoms with Crippen molar-refractivity contribution in [1.29, 1.82) is 0 Å². The van der Waals surface area contributed by atoms with E-state index in [2.05, 4.69) is 27.6 Å². The average Bonchev–Trinajstić information content (AvgIpc) is 3.07. The van der Waals surface area contributed by atoms with Crippen molar-refractivity contribution >= 4 is 35.8 Å². The van der Waals surface area contributed by atoms with Gasteiger partial charge in [-0.15, -0.1) is 24.0 Å². The van der Waals surface area contributed by atoms with Crippen LogP contribution in [0.5, 0.6) is 11.6 Å². The molecule has 0 saturated carbocycles. The summed E-state index contributed by atoms with van der Waals surface area (Å²) in [6.45, 7) is 3.13. The lowest BCUT2D eigenvalue weighted by molar-refractivity contribution is -0.127. The van der Waals surface area contributed by atoms with Crippen molar-refractivity contribution in [1.82, 2.24) is 25.3 Å². The third-order valence-corrected chi connectivity index (χ3v) is 4.62. The van der Waals surface area contributed by atoms with Gasteiger partial charge in [-0.25, -0.2) is 9.67 Å². The predicted octanol–water partition coefficient (Wildman–Crippen LogP) is 1.94. The molecule has 10 heteroatoms. The van der Waals surface area contributed by atoms with Gasteiger partial charge < -0.3 is 25.0 Å². The molecule has 0 spiro atoms. The first-order valence-corrected chi connectivity index (χ1v) is 9.83. The molecule has 0 radical (unpaired) electrons. The Kier molecular flexibility index (Phi) is 11.2. The van der Waals surface area contributed by atoms with Gasteiger partial charge in [0.05, 0.1) is 45.1 Å². The standard InChI is InChI=1S/C21H32N6O3.HI/c1-7-18-17(20(30-6)27(4)25-18)13-23-21(24-14-19(28)26(2)3)22-12-15-8-10-16(29-5)11-9-15;/h8-11H,7,12-14H2,1-6H3,(H2,22,23,24);1H. The van der Waals surface area contributed by atoms with E-state index in [0.29, 0.717) is 24.9 Å². The molecule has 2 N–H and O–H groups in total. The van der Waals surface area contributed by atoms with Crippen molar-refractivity contribution in [2.45, 2.75) is 26.4 Å². The summed E-state index contributed by atoms with van der Waals surface area (Å²) in [6.07, 6.45) is 0.791. The molecule has 0 saturated heterocycles. The average molecular weight is 544 g/mol. The first-order valence-electron chi connectivity index (χ1n) is 9.83. The number of guanidine groups is 1. The van der Waals surface area contributed by atoms with Gasteiger partial charge in [0.15, 0.2) is 5.96 Å². The van der Waals surface area contributed by atoms with Crippen LogP contribution in [0.1, 0.15) is 23.7 Å². The number of ether oxygens (including phenoxy) is 2. The number of methoxy groups -OCH3 is 2. The van der Waals surface area contributed by atoms with Gasteiger partial charge in [0.1, 0.15) is 5.75 Å². The van der Waals surface area contributed by atoms with E-state index in [9.17, 15) is 4.79 Å². The van der Waals surface area contributed by atoms with Gasteiger partial charge in [0.2, 0.25) is 11.8 Å². The third kappa shape index (κ3) is 7.60. The number of halogens is 1. The fourth-order valence-electron chi connectivity index (χ4n) is 2.89. The Balaban J connectivity index is 0.00000480. The summed E-state index contributed by atoms with van der Waals surface area (Å²) in [5.41, 5.74) is 2.96. The molecule has 0 aliphatic heterocycles. The summed E-state index contributed by atoms with van der Waals surface area (Å²) >= 11 is 0. The maximum atomic E-state index is 12.0. The molecule has 1 aromatic carbocycles. The molecular weight excluding hydrogens is 511 g/mol. The monoisotopic (exact) mass is 544 g/mol. The van der Waals surface area contributed by atoms with Crippen LogP contribution >= 0.6 is 24.0 Å². The topological polar surface area (TPSA) is 93.0 Å². The normalized spacial score (nSPS) is 10.8. The number of aryl methyl sites for hydroxylation is 2. The molecule has 2 rings (SSSR count). The van der Waals surface area contributed by atoms with Crippen molar-refractivity contribution in [3.8, 4) is 11.6 Å². The molecule has 0 atom stereocenters. The van der Waals surface area contributed by atoms with E-state index < -0.39 is 0 Å². The number of nitrogens with one attached hydrogen (secondary N) is 2.